The van der Waals surface area contributed by atoms with Crippen LogP contribution < -0.4 is 5.73 Å². The first kappa shape index (κ1) is 8.07. The monoisotopic (exact) mass is 178 g/mol. The number of rotatable bonds is 3. The Morgan fingerprint density at radius 3 is 2.92 bits per heavy atom. The third kappa shape index (κ3) is 1.78. The summed E-state index contributed by atoms with van der Waals surface area (Å²) in [5, 5.41) is 0. The molecule has 0 atom stereocenters. The smallest absolute Gasteiger partial charge is 0.202 e. The average molecular weight is 178 g/mol. The summed E-state index contributed by atoms with van der Waals surface area (Å²) in [4.78, 5) is 4.06. The maximum absolute atomic E-state index is 5.38. The standard InChI is InChI=1S/C9H10N2O2/c10-5-8-6-11-9(13-8)4-7-2-1-3-12-7/h1-3,6H,4-5,10H2. The number of nitrogens with zero attached hydrogens (tertiary/aromatic N) is 1. The van der Waals surface area contributed by atoms with Crippen LogP contribution in [-0.4, -0.2) is 4.98 Å². The number of hydrogen-bond acceptors (Lipinski definition) is 4. The summed E-state index contributed by atoms with van der Waals surface area (Å²) in [6.07, 6.45) is 3.84. The molecule has 68 valence electrons. The molecule has 0 aliphatic carbocycles. The zero-order valence-electron chi connectivity index (χ0n) is 7.06. The Labute approximate surface area is 75.4 Å². The van der Waals surface area contributed by atoms with Crippen LogP contribution in [0.2, 0.25) is 0 Å². The van der Waals surface area contributed by atoms with Gasteiger partial charge in [-0.1, -0.05) is 0 Å². The van der Waals surface area contributed by atoms with Crippen molar-refractivity contribution in [2.45, 2.75) is 13.0 Å². The second kappa shape index (κ2) is 3.45. The summed E-state index contributed by atoms with van der Waals surface area (Å²) in [6.45, 7) is 0.380. The van der Waals surface area contributed by atoms with Crippen LogP contribution in [0.1, 0.15) is 17.4 Å². The van der Waals surface area contributed by atoms with Gasteiger partial charge in [-0.15, -0.1) is 0 Å². The molecule has 2 rings (SSSR count). The summed E-state index contributed by atoms with van der Waals surface area (Å²) in [6, 6.07) is 3.72. The van der Waals surface area contributed by atoms with Gasteiger partial charge in [-0.05, 0) is 12.1 Å². The van der Waals surface area contributed by atoms with E-state index in [0.29, 0.717) is 24.6 Å². The number of furan rings is 1. The van der Waals surface area contributed by atoms with Gasteiger partial charge in [0.25, 0.3) is 0 Å². The van der Waals surface area contributed by atoms with E-state index in [2.05, 4.69) is 4.98 Å². The molecule has 0 bridgehead atoms. The van der Waals surface area contributed by atoms with E-state index >= 15 is 0 Å². The van der Waals surface area contributed by atoms with Gasteiger partial charge in [-0.3, -0.25) is 0 Å². The Hall–Kier alpha value is -1.55. The largest absolute Gasteiger partial charge is 0.469 e. The Balaban J connectivity index is 2.10. The lowest BCUT2D eigenvalue weighted by atomic mass is 10.3. The molecule has 0 fully saturated rings. The maximum atomic E-state index is 5.38. The van der Waals surface area contributed by atoms with Gasteiger partial charge >= 0.3 is 0 Å². The third-order valence-corrected chi connectivity index (χ3v) is 1.71. The van der Waals surface area contributed by atoms with Crippen molar-refractivity contribution in [1.29, 1.82) is 0 Å². The van der Waals surface area contributed by atoms with E-state index in [0.717, 1.165) is 5.76 Å². The lowest BCUT2D eigenvalue weighted by Crippen LogP contribution is -1.92. The van der Waals surface area contributed by atoms with Gasteiger partial charge in [0.15, 0.2) is 0 Å². The second-order valence-electron chi connectivity index (χ2n) is 2.68. The van der Waals surface area contributed by atoms with Crippen molar-refractivity contribution in [2.24, 2.45) is 5.73 Å². The molecular formula is C9H10N2O2. The quantitative estimate of drug-likeness (QED) is 0.769. The SMILES string of the molecule is NCc1cnc(Cc2ccco2)o1. The minimum absolute atomic E-state index is 0.380. The molecule has 2 aromatic rings. The van der Waals surface area contributed by atoms with E-state index in [1.165, 1.54) is 0 Å². The first-order chi connectivity index (χ1) is 6.38. The van der Waals surface area contributed by atoms with Crippen molar-refractivity contribution in [2.75, 3.05) is 0 Å². The van der Waals surface area contributed by atoms with Gasteiger partial charge in [0, 0.05) is 0 Å². The molecule has 4 nitrogen and oxygen atoms in total. The topological polar surface area (TPSA) is 65.2 Å². The predicted molar refractivity (Wildman–Crippen MR) is 45.9 cm³/mol. The molecule has 0 radical (unpaired) electrons. The first-order valence-electron chi connectivity index (χ1n) is 4.04. The fraction of sp³-hybridized carbons (Fsp3) is 0.222. The van der Waals surface area contributed by atoms with Gasteiger partial charge in [0.05, 0.1) is 25.4 Å². The molecule has 0 aliphatic rings. The molecule has 13 heavy (non-hydrogen) atoms. The molecule has 0 saturated heterocycles. The van der Waals surface area contributed by atoms with Crippen molar-refractivity contribution in [3.63, 3.8) is 0 Å². The van der Waals surface area contributed by atoms with Crippen LogP contribution in [0.25, 0.3) is 0 Å². The summed E-state index contributed by atoms with van der Waals surface area (Å²) >= 11 is 0. The van der Waals surface area contributed by atoms with E-state index in [-0.39, 0.29) is 0 Å². The first-order valence-corrected chi connectivity index (χ1v) is 4.04. The predicted octanol–water partition coefficient (Wildman–Crippen LogP) is 1.32. The average Bonchev–Trinajstić information content (AvgIpc) is 2.76. The number of nitrogens with two attached hydrogens (primary N) is 1. The number of oxazole rings is 1. The Bertz CT molecular complexity index is 365. The zero-order chi connectivity index (χ0) is 9.10. The fourth-order valence-electron chi connectivity index (χ4n) is 1.09. The molecule has 0 amide bonds. The van der Waals surface area contributed by atoms with E-state index in [1.807, 2.05) is 12.1 Å². The minimum Gasteiger partial charge on any atom is -0.469 e. The van der Waals surface area contributed by atoms with Crippen LogP contribution in [0, 0.1) is 0 Å². The third-order valence-electron chi connectivity index (χ3n) is 1.71. The van der Waals surface area contributed by atoms with Gasteiger partial charge in [0.2, 0.25) is 5.89 Å². The molecule has 0 spiro atoms. The molecule has 4 heteroatoms. The lowest BCUT2D eigenvalue weighted by molar-refractivity contribution is 0.441. The maximum Gasteiger partial charge on any atom is 0.202 e. The fourth-order valence-corrected chi connectivity index (χ4v) is 1.09. The molecule has 0 aliphatic heterocycles. The van der Waals surface area contributed by atoms with Gasteiger partial charge < -0.3 is 14.6 Å². The van der Waals surface area contributed by atoms with Crippen molar-refractivity contribution < 1.29 is 8.83 Å². The van der Waals surface area contributed by atoms with Crippen LogP contribution >= 0.6 is 0 Å². The van der Waals surface area contributed by atoms with Crippen molar-refractivity contribution >= 4 is 0 Å². The molecular weight excluding hydrogens is 168 g/mol. The Morgan fingerprint density at radius 1 is 1.38 bits per heavy atom. The highest BCUT2D eigenvalue weighted by atomic mass is 16.4. The van der Waals surface area contributed by atoms with Crippen LogP contribution in [0.5, 0.6) is 0 Å². The highest BCUT2D eigenvalue weighted by Crippen LogP contribution is 2.09. The summed E-state index contributed by atoms with van der Waals surface area (Å²) in [7, 11) is 0. The van der Waals surface area contributed by atoms with Crippen molar-refractivity contribution in [3.8, 4) is 0 Å². The normalized spacial score (nSPS) is 10.5. The molecule has 2 N–H and O–H groups in total. The van der Waals surface area contributed by atoms with Crippen LogP contribution in [0.4, 0.5) is 0 Å². The van der Waals surface area contributed by atoms with Crippen molar-refractivity contribution in [3.05, 3.63) is 42.0 Å². The molecule has 2 heterocycles. The highest BCUT2D eigenvalue weighted by molar-refractivity contribution is 5.05. The van der Waals surface area contributed by atoms with Gasteiger partial charge in [0.1, 0.15) is 11.5 Å². The van der Waals surface area contributed by atoms with E-state index < -0.39 is 0 Å². The number of hydrogen-bond donors (Lipinski definition) is 1. The van der Waals surface area contributed by atoms with Gasteiger partial charge in [-0.2, -0.15) is 0 Å². The van der Waals surface area contributed by atoms with Crippen LogP contribution in [-0.2, 0) is 13.0 Å². The molecule has 0 aromatic carbocycles. The number of aromatic nitrogens is 1. The van der Waals surface area contributed by atoms with Crippen LogP contribution in [0.3, 0.4) is 0 Å². The Morgan fingerprint density at radius 2 is 2.31 bits per heavy atom. The summed E-state index contributed by atoms with van der Waals surface area (Å²) in [5.41, 5.74) is 5.38. The molecule has 0 saturated carbocycles. The van der Waals surface area contributed by atoms with E-state index in [4.69, 9.17) is 14.6 Å². The second-order valence-corrected chi connectivity index (χ2v) is 2.68. The Kier molecular flexibility index (Phi) is 2.14. The van der Waals surface area contributed by atoms with E-state index in [1.54, 1.807) is 12.5 Å². The van der Waals surface area contributed by atoms with Gasteiger partial charge in [-0.25, -0.2) is 4.98 Å². The van der Waals surface area contributed by atoms with E-state index in [9.17, 15) is 0 Å². The molecule has 2 aromatic heterocycles. The van der Waals surface area contributed by atoms with Crippen molar-refractivity contribution in [1.82, 2.24) is 4.98 Å². The highest BCUT2D eigenvalue weighted by Gasteiger charge is 2.04. The summed E-state index contributed by atoms with van der Waals surface area (Å²) in [5.74, 6) is 2.17. The minimum atomic E-state index is 0.380. The zero-order valence-corrected chi connectivity index (χ0v) is 7.06. The molecule has 0 unspecified atom stereocenters. The van der Waals surface area contributed by atoms with Crippen LogP contribution in [0.15, 0.2) is 33.4 Å². The summed E-state index contributed by atoms with van der Waals surface area (Å²) < 4.78 is 10.5. The lowest BCUT2D eigenvalue weighted by Gasteiger charge is -1.90.